The van der Waals surface area contributed by atoms with Gasteiger partial charge < -0.3 is 10.6 Å². The Labute approximate surface area is 175 Å². The van der Waals surface area contributed by atoms with Gasteiger partial charge in [0.15, 0.2) is 23.0 Å². The van der Waals surface area contributed by atoms with E-state index in [0.29, 0.717) is 23.9 Å². The standard InChI is InChI=1S/C21H17FN8O/c1-12-11-28(18-13(9-23)10-25-21(24)26-18)16(12)19-27-29-8-7-15(22)17(29)20(31)30(19)14-5-3-2-4-6-14/h2-8,10,12,16H,11H2,1H3,(H2,24,25,26). The van der Waals surface area contributed by atoms with Gasteiger partial charge in [-0.2, -0.15) is 15.3 Å². The van der Waals surface area contributed by atoms with Crippen LogP contribution in [0.15, 0.2) is 53.6 Å². The average Bonchev–Trinajstić information content (AvgIpc) is 3.13. The van der Waals surface area contributed by atoms with Crippen molar-refractivity contribution in [2.24, 2.45) is 5.92 Å². The molecule has 0 saturated carbocycles. The summed E-state index contributed by atoms with van der Waals surface area (Å²) >= 11 is 0. The van der Waals surface area contributed by atoms with Gasteiger partial charge in [-0.3, -0.25) is 9.36 Å². The van der Waals surface area contributed by atoms with Crippen molar-refractivity contribution in [1.82, 2.24) is 24.1 Å². The molecule has 0 spiro atoms. The lowest BCUT2D eigenvalue weighted by atomic mass is 9.89. The first-order valence-electron chi connectivity index (χ1n) is 9.64. The van der Waals surface area contributed by atoms with Crippen molar-refractivity contribution in [3.8, 4) is 11.8 Å². The maximum absolute atomic E-state index is 14.3. The molecule has 10 heteroatoms. The largest absolute Gasteiger partial charge is 0.368 e. The molecular weight excluding hydrogens is 399 g/mol. The van der Waals surface area contributed by atoms with Crippen LogP contribution in [0.4, 0.5) is 16.2 Å². The van der Waals surface area contributed by atoms with E-state index in [2.05, 4.69) is 21.1 Å². The fourth-order valence-electron chi connectivity index (χ4n) is 4.05. The van der Waals surface area contributed by atoms with E-state index in [-0.39, 0.29) is 29.0 Å². The van der Waals surface area contributed by atoms with Crippen molar-refractivity contribution in [3.63, 3.8) is 0 Å². The highest BCUT2D eigenvalue weighted by atomic mass is 19.1. The van der Waals surface area contributed by atoms with Crippen LogP contribution in [0.3, 0.4) is 0 Å². The van der Waals surface area contributed by atoms with Crippen LogP contribution in [0.5, 0.6) is 0 Å². The minimum atomic E-state index is -0.636. The van der Waals surface area contributed by atoms with E-state index in [1.807, 2.05) is 17.9 Å². The van der Waals surface area contributed by atoms with Gasteiger partial charge in [-0.05, 0) is 18.2 Å². The fraction of sp³-hybridized carbons (Fsp3) is 0.190. The van der Waals surface area contributed by atoms with Gasteiger partial charge in [0.05, 0.1) is 17.9 Å². The van der Waals surface area contributed by atoms with Gasteiger partial charge in [-0.15, -0.1) is 0 Å². The maximum atomic E-state index is 14.3. The molecule has 0 amide bonds. The SMILES string of the molecule is CC1CN(c2nc(N)ncc2C#N)C1c1nn2ccc(F)c2c(=O)n1-c1ccccc1. The van der Waals surface area contributed by atoms with E-state index < -0.39 is 11.4 Å². The van der Waals surface area contributed by atoms with Crippen LogP contribution in [0.1, 0.15) is 24.4 Å². The average molecular weight is 416 g/mol. The summed E-state index contributed by atoms with van der Waals surface area (Å²) in [6.45, 7) is 2.60. The van der Waals surface area contributed by atoms with Crippen LogP contribution in [0, 0.1) is 23.1 Å². The quantitative estimate of drug-likeness (QED) is 0.543. The molecule has 4 heterocycles. The van der Waals surface area contributed by atoms with Crippen molar-refractivity contribution >= 4 is 17.3 Å². The number of benzene rings is 1. The third-order valence-corrected chi connectivity index (χ3v) is 5.48. The summed E-state index contributed by atoms with van der Waals surface area (Å²) in [4.78, 5) is 23.4. The van der Waals surface area contributed by atoms with Crippen molar-refractivity contribution in [1.29, 1.82) is 5.26 Å². The number of nitrogens with two attached hydrogens (primary N) is 1. The Kier molecular flexibility index (Phi) is 4.18. The molecule has 2 atom stereocenters. The van der Waals surface area contributed by atoms with Crippen LogP contribution < -0.4 is 16.2 Å². The number of hydrogen-bond donors (Lipinski definition) is 1. The fourth-order valence-corrected chi connectivity index (χ4v) is 4.05. The highest BCUT2D eigenvalue weighted by molar-refractivity contribution is 5.58. The summed E-state index contributed by atoms with van der Waals surface area (Å²) in [7, 11) is 0. The number of anilines is 2. The molecule has 5 rings (SSSR count). The zero-order valence-electron chi connectivity index (χ0n) is 16.5. The summed E-state index contributed by atoms with van der Waals surface area (Å²) < 4.78 is 17.0. The van der Waals surface area contributed by atoms with Crippen LogP contribution in [-0.4, -0.2) is 30.7 Å². The second-order valence-electron chi connectivity index (χ2n) is 7.44. The van der Waals surface area contributed by atoms with E-state index in [1.54, 1.807) is 24.3 Å². The van der Waals surface area contributed by atoms with Gasteiger partial charge >= 0.3 is 0 Å². The second-order valence-corrected chi connectivity index (χ2v) is 7.44. The minimum Gasteiger partial charge on any atom is -0.368 e. The molecule has 154 valence electrons. The van der Waals surface area contributed by atoms with E-state index in [9.17, 15) is 14.4 Å². The number of fused-ring (bicyclic) bond motifs is 1. The molecule has 31 heavy (non-hydrogen) atoms. The van der Waals surface area contributed by atoms with Gasteiger partial charge in [0.2, 0.25) is 5.95 Å². The molecule has 3 aromatic heterocycles. The summed E-state index contributed by atoms with van der Waals surface area (Å²) in [6, 6.07) is 11.9. The smallest absolute Gasteiger partial charge is 0.285 e. The van der Waals surface area contributed by atoms with Crippen molar-refractivity contribution in [3.05, 3.63) is 76.4 Å². The topological polar surface area (TPSA) is 118 Å². The lowest BCUT2D eigenvalue weighted by molar-refractivity contribution is 0.300. The Hall–Kier alpha value is -4.26. The predicted molar refractivity (Wildman–Crippen MR) is 111 cm³/mol. The van der Waals surface area contributed by atoms with Gasteiger partial charge in [0.25, 0.3) is 5.56 Å². The molecule has 0 radical (unpaired) electrons. The monoisotopic (exact) mass is 416 g/mol. The number of halogens is 1. The Morgan fingerprint density at radius 1 is 1.26 bits per heavy atom. The zero-order valence-corrected chi connectivity index (χ0v) is 16.5. The van der Waals surface area contributed by atoms with Crippen LogP contribution in [-0.2, 0) is 0 Å². The normalized spacial score (nSPS) is 18.0. The van der Waals surface area contributed by atoms with Gasteiger partial charge in [-0.25, -0.2) is 13.9 Å². The summed E-state index contributed by atoms with van der Waals surface area (Å²) in [6.07, 6.45) is 2.79. The molecule has 1 aliphatic heterocycles. The van der Waals surface area contributed by atoms with Crippen molar-refractivity contribution in [2.45, 2.75) is 13.0 Å². The zero-order chi connectivity index (χ0) is 21.7. The lowest BCUT2D eigenvalue weighted by Gasteiger charge is -2.47. The molecule has 9 nitrogen and oxygen atoms in total. The van der Waals surface area contributed by atoms with Gasteiger partial charge in [0, 0.05) is 18.7 Å². The number of hydrogen-bond acceptors (Lipinski definition) is 7. The molecule has 4 aromatic rings. The number of rotatable bonds is 3. The van der Waals surface area contributed by atoms with E-state index >= 15 is 0 Å². The molecule has 2 unspecified atom stereocenters. The number of aromatic nitrogens is 5. The molecule has 0 aliphatic carbocycles. The summed E-state index contributed by atoms with van der Waals surface area (Å²) in [5.74, 6) is 0.290. The van der Waals surface area contributed by atoms with E-state index in [1.165, 1.54) is 27.5 Å². The molecule has 1 saturated heterocycles. The van der Waals surface area contributed by atoms with Crippen LogP contribution in [0.2, 0.25) is 0 Å². The summed E-state index contributed by atoms with van der Waals surface area (Å²) in [5, 5.41) is 14.1. The Morgan fingerprint density at radius 3 is 2.74 bits per heavy atom. The number of nitrogen functional groups attached to an aromatic ring is 1. The van der Waals surface area contributed by atoms with E-state index in [4.69, 9.17) is 5.73 Å². The molecular formula is C21H17FN8O. The molecule has 0 bridgehead atoms. The number of para-hydroxylation sites is 1. The Morgan fingerprint density at radius 2 is 2.03 bits per heavy atom. The van der Waals surface area contributed by atoms with Crippen molar-refractivity contribution < 1.29 is 4.39 Å². The highest BCUT2D eigenvalue weighted by Crippen LogP contribution is 2.41. The number of nitrogens with zero attached hydrogens (tertiary/aromatic N) is 7. The molecule has 1 aromatic carbocycles. The number of nitriles is 1. The minimum absolute atomic E-state index is 0.0450. The predicted octanol–water partition coefficient (Wildman–Crippen LogP) is 2.07. The summed E-state index contributed by atoms with van der Waals surface area (Å²) in [5.41, 5.74) is 5.96. The van der Waals surface area contributed by atoms with E-state index in [0.717, 1.165) is 0 Å². The van der Waals surface area contributed by atoms with Crippen LogP contribution >= 0.6 is 0 Å². The first-order chi connectivity index (χ1) is 15.0. The third-order valence-electron chi connectivity index (χ3n) is 5.48. The molecule has 1 fully saturated rings. The highest BCUT2D eigenvalue weighted by Gasteiger charge is 2.42. The molecule has 2 N–H and O–H groups in total. The maximum Gasteiger partial charge on any atom is 0.285 e. The van der Waals surface area contributed by atoms with Crippen molar-refractivity contribution in [2.75, 3.05) is 17.2 Å². The van der Waals surface area contributed by atoms with Crippen LogP contribution in [0.25, 0.3) is 11.2 Å². The first-order valence-corrected chi connectivity index (χ1v) is 9.64. The second kappa shape index (κ2) is 6.91. The van der Waals surface area contributed by atoms with Gasteiger partial charge in [0.1, 0.15) is 11.6 Å². The lowest BCUT2D eigenvalue weighted by Crippen LogP contribution is -2.51. The van der Waals surface area contributed by atoms with Gasteiger partial charge in [-0.1, -0.05) is 25.1 Å². The third kappa shape index (κ3) is 2.82. The Balaban J connectivity index is 1.76. The Bertz CT molecular complexity index is 1400. The first kappa shape index (κ1) is 18.7. The molecule has 1 aliphatic rings.